The zero-order valence-corrected chi connectivity index (χ0v) is 8.96. The second-order valence-electron chi connectivity index (χ2n) is 4.09. The molecule has 1 atom stereocenters. The van der Waals surface area contributed by atoms with Gasteiger partial charge in [0, 0.05) is 30.2 Å². The Bertz CT molecular complexity index is 313. The number of nitrogens with one attached hydrogen (secondary N) is 1. The molecule has 0 spiro atoms. The van der Waals surface area contributed by atoms with Crippen molar-refractivity contribution in [1.82, 2.24) is 9.55 Å². The average molecular weight is 209 g/mol. The summed E-state index contributed by atoms with van der Waals surface area (Å²) in [4.78, 5) is 4.38. The first-order chi connectivity index (χ1) is 6.93. The van der Waals surface area contributed by atoms with Crippen molar-refractivity contribution in [3.05, 3.63) is 12.4 Å². The number of hydrogen-bond donors (Lipinski definition) is 1. The van der Waals surface area contributed by atoms with Crippen LogP contribution in [0.25, 0.3) is 0 Å². The highest BCUT2D eigenvalue weighted by molar-refractivity contribution is 7.99. The fourth-order valence-corrected chi connectivity index (χ4v) is 3.08. The van der Waals surface area contributed by atoms with Gasteiger partial charge in [-0.2, -0.15) is 11.8 Å². The maximum atomic E-state index is 4.38. The molecule has 1 aromatic rings. The summed E-state index contributed by atoms with van der Waals surface area (Å²) in [5.41, 5.74) is 0. The molecule has 76 valence electrons. The monoisotopic (exact) mass is 209 g/mol. The van der Waals surface area contributed by atoms with Crippen molar-refractivity contribution in [2.75, 3.05) is 16.8 Å². The van der Waals surface area contributed by atoms with Crippen molar-refractivity contribution in [1.29, 1.82) is 0 Å². The van der Waals surface area contributed by atoms with E-state index in [2.05, 4.69) is 21.1 Å². The zero-order valence-electron chi connectivity index (χ0n) is 8.15. The number of thioether (sulfide) groups is 1. The summed E-state index contributed by atoms with van der Waals surface area (Å²) in [5.74, 6) is 3.63. The van der Waals surface area contributed by atoms with E-state index in [1.54, 1.807) is 0 Å². The van der Waals surface area contributed by atoms with Gasteiger partial charge in [0.25, 0.3) is 0 Å². The second kappa shape index (κ2) is 3.50. The molecular weight excluding hydrogens is 194 g/mol. The van der Waals surface area contributed by atoms with E-state index in [9.17, 15) is 0 Å². The van der Waals surface area contributed by atoms with Crippen molar-refractivity contribution in [2.24, 2.45) is 0 Å². The molecule has 1 N–H and O–H groups in total. The van der Waals surface area contributed by atoms with Gasteiger partial charge in [-0.15, -0.1) is 0 Å². The van der Waals surface area contributed by atoms with Crippen LogP contribution in [0.4, 0.5) is 5.95 Å². The van der Waals surface area contributed by atoms with Crippen molar-refractivity contribution in [3.63, 3.8) is 0 Å². The number of anilines is 1. The second-order valence-corrected chi connectivity index (χ2v) is 5.24. The van der Waals surface area contributed by atoms with Crippen LogP contribution in [0.3, 0.4) is 0 Å². The first-order valence-electron chi connectivity index (χ1n) is 5.30. The van der Waals surface area contributed by atoms with E-state index in [1.165, 1.54) is 30.8 Å². The molecule has 0 aromatic carbocycles. The molecule has 3 rings (SSSR count). The van der Waals surface area contributed by atoms with Gasteiger partial charge in [-0.3, -0.25) is 0 Å². The third-order valence-electron chi connectivity index (χ3n) is 2.88. The molecule has 1 saturated heterocycles. The quantitative estimate of drug-likeness (QED) is 0.827. The average Bonchev–Trinajstić information content (AvgIpc) is 2.68. The summed E-state index contributed by atoms with van der Waals surface area (Å²) >= 11 is 2.05. The minimum Gasteiger partial charge on any atom is -0.353 e. The summed E-state index contributed by atoms with van der Waals surface area (Å²) < 4.78 is 2.32. The molecule has 1 aromatic heterocycles. The lowest BCUT2D eigenvalue weighted by Gasteiger charge is -2.14. The molecule has 2 fully saturated rings. The minimum absolute atomic E-state index is 0.670. The van der Waals surface area contributed by atoms with Gasteiger partial charge in [0.05, 0.1) is 0 Å². The number of aromatic nitrogens is 2. The Morgan fingerprint density at radius 3 is 3.07 bits per heavy atom. The topological polar surface area (TPSA) is 29.9 Å². The highest BCUT2D eigenvalue weighted by Crippen LogP contribution is 2.31. The molecule has 1 aliphatic carbocycles. The van der Waals surface area contributed by atoms with E-state index in [1.807, 2.05) is 18.0 Å². The molecule has 0 radical (unpaired) electrons. The summed E-state index contributed by atoms with van der Waals surface area (Å²) in [6.45, 7) is 0. The molecule has 0 bridgehead atoms. The Morgan fingerprint density at radius 1 is 1.43 bits per heavy atom. The molecule has 3 nitrogen and oxygen atoms in total. The Labute approximate surface area is 88.3 Å². The van der Waals surface area contributed by atoms with Crippen LogP contribution in [-0.2, 0) is 0 Å². The highest BCUT2D eigenvalue weighted by Gasteiger charge is 2.25. The summed E-state index contributed by atoms with van der Waals surface area (Å²) in [5, 5.41) is 3.48. The highest BCUT2D eigenvalue weighted by atomic mass is 32.2. The predicted molar refractivity (Wildman–Crippen MR) is 59.9 cm³/mol. The third kappa shape index (κ3) is 1.63. The standard InChI is InChI=1S/C10H15N3S/c1-2-8(1)12-10-11-4-5-13(10)9-3-6-14-7-9/h4-5,8-9H,1-3,6-7H2,(H,11,12). The van der Waals surface area contributed by atoms with Crippen molar-refractivity contribution < 1.29 is 0 Å². The van der Waals surface area contributed by atoms with Crippen LogP contribution in [0.15, 0.2) is 12.4 Å². The van der Waals surface area contributed by atoms with Gasteiger partial charge in [0.1, 0.15) is 0 Å². The zero-order chi connectivity index (χ0) is 9.38. The number of imidazole rings is 1. The van der Waals surface area contributed by atoms with Crippen LogP contribution in [-0.4, -0.2) is 27.1 Å². The molecule has 2 aliphatic rings. The SMILES string of the molecule is c1cn(C2CCSC2)c(NC2CC2)n1. The van der Waals surface area contributed by atoms with Gasteiger partial charge in [-0.1, -0.05) is 0 Å². The molecule has 1 saturated carbocycles. The van der Waals surface area contributed by atoms with E-state index in [0.717, 1.165) is 5.95 Å². The van der Waals surface area contributed by atoms with Gasteiger partial charge in [-0.05, 0) is 25.0 Å². The Hall–Kier alpha value is -0.640. The third-order valence-corrected chi connectivity index (χ3v) is 4.02. The Balaban J connectivity index is 1.77. The van der Waals surface area contributed by atoms with E-state index in [4.69, 9.17) is 0 Å². The molecule has 2 heterocycles. The van der Waals surface area contributed by atoms with E-state index in [-0.39, 0.29) is 0 Å². The maximum absolute atomic E-state index is 4.38. The fourth-order valence-electron chi connectivity index (χ4n) is 1.87. The van der Waals surface area contributed by atoms with Gasteiger partial charge < -0.3 is 9.88 Å². The number of rotatable bonds is 3. The van der Waals surface area contributed by atoms with Crippen LogP contribution < -0.4 is 5.32 Å². The first kappa shape index (κ1) is 8.65. The van der Waals surface area contributed by atoms with Crippen LogP contribution in [0.2, 0.25) is 0 Å². The normalized spacial score (nSPS) is 26.7. The lowest BCUT2D eigenvalue weighted by molar-refractivity contribution is 0.564. The van der Waals surface area contributed by atoms with E-state index >= 15 is 0 Å². The number of nitrogens with zero attached hydrogens (tertiary/aromatic N) is 2. The minimum atomic E-state index is 0.670. The fraction of sp³-hybridized carbons (Fsp3) is 0.700. The summed E-state index contributed by atoms with van der Waals surface area (Å²) in [6, 6.07) is 1.37. The molecular formula is C10H15N3S. The van der Waals surface area contributed by atoms with Gasteiger partial charge in [-0.25, -0.2) is 4.98 Å². The molecule has 4 heteroatoms. The summed E-state index contributed by atoms with van der Waals surface area (Å²) in [6.07, 6.45) is 7.94. The van der Waals surface area contributed by atoms with Gasteiger partial charge in [0.15, 0.2) is 0 Å². The Kier molecular flexibility index (Phi) is 2.16. The van der Waals surface area contributed by atoms with E-state index in [0.29, 0.717) is 12.1 Å². The number of hydrogen-bond acceptors (Lipinski definition) is 3. The lowest BCUT2D eigenvalue weighted by atomic mass is 10.2. The van der Waals surface area contributed by atoms with Crippen molar-refractivity contribution in [3.8, 4) is 0 Å². The first-order valence-corrected chi connectivity index (χ1v) is 6.46. The van der Waals surface area contributed by atoms with Crippen molar-refractivity contribution >= 4 is 17.7 Å². The van der Waals surface area contributed by atoms with Gasteiger partial charge >= 0.3 is 0 Å². The van der Waals surface area contributed by atoms with Crippen LogP contribution in [0.1, 0.15) is 25.3 Å². The van der Waals surface area contributed by atoms with Crippen molar-refractivity contribution in [2.45, 2.75) is 31.3 Å². The molecule has 1 unspecified atom stereocenters. The maximum Gasteiger partial charge on any atom is 0.203 e. The largest absolute Gasteiger partial charge is 0.353 e. The van der Waals surface area contributed by atoms with E-state index < -0.39 is 0 Å². The van der Waals surface area contributed by atoms with Gasteiger partial charge in [0.2, 0.25) is 5.95 Å². The lowest BCUT2D eigenvalue weighted by Crippen LogP contribution is -2.13. The molecule has 14 heavy (non-hydrogen) atoms. The molecule has 1 aliphatic heterocycles. The molecule has 0 amide bonds. The summed E-state index contributed by atoms with van der Waals surface area (Å²) in [7, 11) is 0. The Morgan fingerprint density at radius 2 is 2.36 bits per heavy atom. The smallest absolute Gasteiger partial charge is 0.203 e. The van der Waals surface area contributed by atoms with Crippen LogP contribution >= 0.6 is 11.8 Å². The van der Waals surface area contributed by atoms with Crippen LogP contribution in [0.5, 0.6) is 0 Å². The van der Waals surface area contributed by atoms with Crippen LogP contribution in [0, 0.1) is 0 Å². The predicted octanol–water partition coefficient (Wildman–Crippen LogP) is 2.14.